The van der Waals surface area contributed by atoms with Crippen molar-refractivity contribution in [1.82, 2.24) is 0 Å². The van der Waals surface area contributed by atoms with Crippen molar-refractivity contribution in [2.24, 2.45) is 5.92 Å². The summed E-state index contributed by atoms with van der Waals surface area (Å²) in [6.07, 6.45) is 0. The highest BCUT2D eigenvalue weighted by atomic mass is 16.6. The molecule has 7 heteroatoms. The Bertz CT molecular complexity index is 316. The van der Waals surface area contributed by atoms with Crippen LogP contribution in [0.4, 0.5) is 0 Å². The van der Waals surface area contributed by atoms with Crippen LogP contribution in [-0.4, -0.2) is 43.5 Å². The Morgan fingerprint density at radius 3 is 1.50 bits per heavy atom. The van der Waals surface area contributed by atoms with Gasteiger partial charge in [-0.2, -0.15) is 0 Å². The molecule has 0 saturated heterocycles. The van der Waals surface area contributed by atoms with Crippen LogP contribution in [-0.2, 0) is 33.4 Å². The molecule has 0 amide bonds. The molecular formula is C11H16O7. The molecule has 0 radical (unpaired) electrons. The van der Waals surface area contributed by atoms with Crippen LogP contribution in [0.5, 0.6) is 0 Å². The summed E-state index contributed by atoms with van der Waals surface area (Å²) in [7, 11) is 0. The van der Waals surface area contributed by atoms with E-state index in [9.17, 15) is 19.2 Å². The van der Waals surface area contributed by atoms with Gasteiger partial charge in [0.25, 0.3) is 5.78 Å². The second-order valence-corrected chi connectivity index (χ2v) is 3.02. The standard InChI is InChI=1S/C11H16O7/c1-4-16-9(13)7(10(14)17-5-2)8(12)11(15)18-6-3/h7H,4-6H2,1-3H3. The van der Waals surface area contributed by atoms with Crippen molar-refractivity contribution < 1.29 is 33.4 Å². The van der Waals surface area contributed by atoms with Gasteiger partial charge in [0, 0.05) is 0 Å². The molecule has 0 aliphatic rings. The van der Waals surface area contributed by atoms with E-state index in [0.717, 1.165) is 0 Å². The van der Waals surface area contributed by atoms with E-state index in [4.69, 9.17) is 0 Å². The quantitative estimate of drug-likeness (QED) is 0.272. The highest BCUT2D eigenvalue weighted by molar-refractivity contribution is 6.42. The van der Waals surface area contributed by atoms with Crippen LogP contribution in [0.1, 0.15) is 20.8 Å². The van der Waals surface area contributed by atoms with Crippen molar-refractivity contribution in [3.05, 3.63) is 0 Å². The van der Waals surface area contributed by atoms with E-state index in [1.165, 1.54) is 20.8 Å². The van der Waals surface area contributed by atoms with Gasteiger partial charge in [0.1, 0.15) is 0 Å². The lowest BCUT2D eigenvalue weighted by atomic mass is 10.0. The molecule has 0 spiro atoms. The molecule has 0 unspecified atom stereocenters. The SMILES string of the molecule is CCOC(=O)C(=O)C(C(=O)OCC)C(=O)OCC. The number of esters is 3. The van der Waals surface area contributed by atoms with Gasteiger partial charge in [0.2, 0.25) is 5.92 Å². The lowest BCUT2D eigenvalue weighted by Gasteiger charge is -2.12. The number of Topliss-reactive ketones (excluding diaryl/α,β-unsaturated/α-hetero) is 1. The average Bonchev–Trinajstić information content (AvgIpc) is 2.30. The first-order valence-corrected chi connectivity index (χ1v) is 5.53. The third kappa shape index (κ3) is 4.52. The molecule has 0 aromatic carbocycles. The highest BCUT2D eigenvalue weighted by Gasteiger charge is 2.41. The Labute approximate surface area is 104 Å². The van der Waals surface area contributed by atoms with Gasteiger partial charge in [-0.3, -0.25) is 14.4 Å². The maximum absolute atomic E-state index is 11.6. The van der Waals surface area contributed by atoms with Crippen molar-refractivity contribution in [1.29, 1.82) is 0 Å². The molecule has 0 aromatic rings. The van der Waals surface area contributed by atoms with E-state index in [1.807, 2.05) is 0 Å². The van der Waals surface area contributed by atoms with Crippen LogP contribution in [0.3, 0.4) is 0 Å². The summed E-state index contributed by atoms with van der Waals surface area (Å²) >= 11 is 0. The minimum atomic E-state index is -1.91. The van der Waals surface area contributed by atoms with Gasteiger partial charge in [-0.15, -0.1) is 0 Å². The first-order valence-electron chi connectivity index (χ1n) is 5.53. The van der Waals surface area contributed by atoms with Crippen molar-refractivity contribution in [2.45, 2.75) is 20.8 Å². The summed E-state index contributed by atoms with van der Waals surface area (Å²) in [5, 5.41) is 0. The maximum atomic E-state index is 11.6. The van der Waals surface area contributed by atoms with E-state index in [1.54, 1.807) is 0 Å². The molecule has 0 N–H and O–H groups in total. The van der Waals surface area contributed by atoms with Gasteiger partial charge in [0.15, 0.2) is 0 Å². The topological polar surface area (TPSA) is 96.0 Å². The molecule has 0 heterocycles. The summed E-state index contributed by atoms with van der Waals surface area (Å²) < 4.78 is 13.5. The number of ether oxygens (including phenoxy) is 3. The Balaban J connectivity index is 4.96. The van der Waals surface area contributed by atoms with Crippen molar-refractivity contribution >= 4 is 23.7 Å². The smallest absolute Gasteiger partial charge is 0.376 e. The van der Waals surface area contributed by atoms with Crippen molar-refractivity contribution in [2.75, 3.05) is 19.8 Å². The summed E-state index contributed by atoms with van der Waals surface area (Å²) in [5.74, 6) is -6.69. The second-order valence-electron chi connectivity index (χ2n) is 3.02. The van der Waals surface area contributed by atoms with E-state index in [2.05, 4.69) is 14.2 Å². The molecule has 0 aliphatic carbocycles. The summed E-state index contributed by atoms with van der Waals surface area (Å²) in [5.41, 5.74) is 0. The molecule has 7 nitrogen and oxygen atoms in total. The third-order valence-electron chi connectivity index (χ3n) is 1.78. The minimum Gasteiger partial charge on any atom is -0.465 e. The van der Waals surface area contributed by atoms with E-state index in [0.29, 0.717) is 0 Å². The highest BCUT2D eigenvalue weighted by Crippen LogP contribution is 2.07. The number of rotatable bonds is 7. The van der Waals surface area contributed by atoms with Gasteiger partial charge >= 0.3 is 17.9 Å². The Hall–Kier alpha value is -1.92. The fourth-order valence-corrected chi connectivity index (χ4v) is 1.08. The van der Waals surface area contributed by atoms with Gasteiger partial charge < -0.3 is 14.2 Å². The van der Waals surface area contributed by atoms with Gasteiger partial charge in [-0.1, -0.05) is 0 Å². The number of ketones is 1. The number of carbonyl (C=O) groups excluding carboxylic acids is 4. The van der Waals surface area contributed by atoms with Crippen molar-refractivity contribution in [3.63, 3.8) is 0 Å². The van der Waals surface area contributed by atoms with Crippen LogP contribution >= 0.6 is 0 Å². The molecular weight excluding hydrogens is 244 g/mol. The summed E-state index contributed by atoms with van der Waals surface area (Å²) in [4.78, 5) is 45.7. The number of hydrogen-bond donors (Lipinski definition) is 0. The fraction of sp³-hybridized carbons (Fsp3) is 0.636. The lowest BCUT2D eigenvalue weighted by Crippen LogP contribution is -2.39. The summed E-state index contributed by atoms with van der Waals surface area (Å²) in [6.45, 7) is 4.43. The Morgan fingerprint density at radius 2 is 1.17 bits per heavy atom. The molecule has 0 aromatic heterocycles. The van der Waals surface area contributed by atoms with E-state index >= 15 is 0 Å². The molecule has 0 aliphatic heterocycles. The van der Waals surface area contributed by atoms with Gasteiger partial charge in [0.05, 0.1) is 19.8 Å². The van der Waals surface area contributed by atoms with Crippen LogP contribution in [0.25, 0.3) is 0 Å². The van der Waals surface area contributed by atoms with E-state index in [-0.39, 0.29) is 19.8 Å². The predicted molar refractivity (Wildman–Crippen MR) is 58.4 cm³/mol. The Kier molecular flexibility index (Phi) is 7.34. The van der Waals surface area contributed by atoms with Gasteiger partial charge in [-0.25, -0.2) is 4.79 Å². The third-order valence-corrected chi connectivity index (χ3v) is 1.78. The number of hydrogen-bond acceptors (Lipinski definition) is 7. The van der Waals surface area contributed by atoms with Crippen molar-refractivity contribution in [3.8, 4) is 0 Å². The zero-order chi connectivity index (χ0) is 14.1. The second kappa shape index (κ2) is 8.21. The van der Waals surface area contributed by atoms with E-state index < -0.39 is 29.6 Å². The van der Waals surface area contributed by atoms with Crippen LogP contribution < -0.4 is 0 Å². The van der Waals surface area contributed by atoms with Gasteiger partial charge in [-0.05, 0) is 20.8 Å². The molecule has 102 valence electrons. The predicted octanol–water partition coefficient (Wildman–Crippen LogP) is -0.139. The zero-order valence-corrected chi connectivity index (χ0v) is 10.6. The minimum absolute atomic E-state index is 0.0230. The lowest BCUT2D eigenvalue weighted by molar-refractivity contribution is -0.170. The Morgan fingerprint density at radius 1 is 0.778 bits per heavy atom. The van der Waals surface area contributed by atoms with Crippen LogP contribution in [0.2, 0.25) is 0 Å². The molecule has 0 atom stereocenters. The normalized spacial score (nSPS) is 9.78. The molecule has 0 saturated carbocycles. The average molecular weight is 260 g/mol. The largest absolute Gasteiger partial charge is 0.465 e. The maximum Gasteiger partial charge on any atom is 0.376 e. The molecule has 0 bridgehead atoms. The molecule has 0 fully saturated rings. The van der Waals surface area contributed by atoms with Crippen LogP contribution in [0.15, 0.2) is 0 Å². The zero-order valence-electron chi connectivity index (χ0n) is 10.6. The molecule has 18 heavy (non-hydrogen) atoms. The first-order chi connectivity index (χ1) is 8.49. The number of carbonyl (C=O) groups is 4. The van der Waals surface area contributed by atoms with Crippen LogP contribution in [0, 0.1) is 5.92 Å². The summed E-state index contributed by atoms with van der Waals surface area (Å²) in [6, 6.07) is 0. The first kappa shape index (κ1) is 16.1. The fourth-order valence-electron chi connectivity index (χ4n) is 1.08. The molecule has 0 rings (SSSR count). The monoisotopic (exact) mass is 260 g/mol.